The molecule has 0 spiro atoms. The first-order valence-electron chi connectivity index (χ1n) is 4.64. The van der Waals surface area contributed by atoms with Crippen LogP contribution >= 0.6 is 0 Å². The molecular formula is C12H7NO2. The molecular weight excluding hydrogens is 190 g/mol. The average Bonchev–Trinajstić information content (AvgIpc) is 2.27. The van der Waals surface area contributed by atoms with E-state index in [0.717, 1.165) is 0 Å². The first kappa shape index (κ1) is 8.17. The number of hydrogen-bond acceptors (Lipinski definition) is 2. The lowest BCUT2D eigenvalue weighted by atomic mass is 10.1. The predicted octanol–water partition coefficient (Wildman–Crippen LogP) is 1.25. The zero-order chi connectivity index (χ0) is 10.4. The van der Waals surface area contributed by atoms with Crippen LogP contribution in [0.15, 0.2) is 52.3 Å². The van der Waals surface area contributed by atoms with Crippen molar-refractivity contribution in [2.45, 2.75) is 0 Å². The van der Waals surface area contributed by atoms with Crippen LogP contribution in [0, 0.1) is 0 Å². The highest BCUT2D eigenvalue weighted by Gasteiger charge is 2.05. The third-order valence-corrected chi connectivity index (χ3v) is 2.60. The van der Waals surface area contributed by atoms with Gasteiger partial charge in [-0.05, 0) is 12.1 Å². The largest absolute Gasteiger partial charge is 0.322 e. The Kier molecular flexibility index (Phi) is 1.45. The van der Waals surface area contributed by atoms with Crippen LogP contribution in [0.3, 0.4) is 0 Å². The van der Waals surface area contributed by atoms with E-state index in [1.165, 1.54) is 12.1 Å². The molecule has 2 heterocycles. The summed E-state index contributed by atoms with van der Waals surface area (Å²) in [6, 6.07) is 8.23. The molecule has 3 aromatic rings. The predicted molar refractivity (Wildman–Crippen MR) is 58.6 cm³/mol. The van der Waals surface area contributed by atoms with E-state index in [4.69, 9.17) is 0 Å². The van der Waals surface area contributed by atoms with Crippen molar-refractivity contribution in [3.63, 3.8) is 0 Å². The van der Waals surface area contributed by atoms with E-state index >= 15 is 0 Å². The first-order chi connectivity index (χ1) is 7.27. The normalized spacial score (nSPS) is 11.2. The molecule has 3 rings (SSSR count). The highest BCUT2D eigenvalue weighted by molar-refractivity contribution is 5.94. The van der Waals surface area contributed by atoms with Gasteiger partial charge in [0.25, 0.3) is 0 Å². The number of hydrogen-bond donors (Lipinski definition) is 0. The zero-order valence-electron chi connectivity index (χ0n) is 7.81. The Balaban J connectivity index is 2.84. The Morgan fingerprint density at radius 2 is 1.33 bits per heavy atom. The van der Waals surface area contributed by atoms with Gasteiger partial charge in [0.1, 0.15) is 0 Å². The number of benzene rings is 1. The van der Waals surface area contributed by atoms with Crippen LogP contribution in [0.5, 0.6) is 0 Å². The van der Waals surface area contributed by atoms with E-state index < -0.39 is 0 Å². The quantitative estimate of drug-likeness (QED) is 0.544. The minimum absolute atomic E-state index is 0.0498. The summed E-state index contributed by atoms with van der Waals surface area (Å²) in [4.78, 5) is 23.2. The third-order valence-electron chi connectivity index (χ3n) is 2.60. The molecule has 0 fully saturated rings. The number of aromatic nitrogens is 1. The second kappa shape index (κ2) is 2.67. The highest BCUT2D eigenvalue weighted by Crippen LogP contribution is 2.13. The van der Waals surface area contributed by atoms with Crippen LogP contribution in [-0.4, -0.2) is 4.40 Å². The Morgan fingerprint density at radius 1 is 0.800 bits per heavy atom. The second-order valence-electron chi connectivity index (χ2n) is 3.47. The minimum atomic E-state index is -0.0498. The second-order valence-corrected chi connectivity index (χ2v) is 3.47. The van der Waals surface area contributed by atoms with Gasteiger partial charge in [0.2, 0.25) is 0 Å². The van der Waals surface area contributed by atoms with Crippen LogP contribution < -0.4 is 10.9 Å². The minimum Gasteiger partial charge on any atom is -0.322 e. The summed E-state index contributed by atoms with van der Waals surface area (Å²) in [5.41, 5.74) is 0.606. The molecule has 3 nitrogen and oxygen atoms in total. The Bertz CT molecular complexity index is 698. The van der Waals surface area contributed by atoms with Crippen molar-refractivity contribution < 1.29 is 0 Å². The lowest BCUT2D eigenvalue weighted by Crippen LogP contribution is -2.09. The van der Waals surface area contributed by atoms with Crippen molar-refractivity contribution in [3.05, 3.63) is 63.2 Å². The van der Waals surface area contributed by atoms with Gasteiger partial charge < -0.3 is 4.40 Å². The van der Waals surface area contributed by atoms with Crippen LogP contribution in [0.25, 0.3) is 16.3 Å². The van der Waals surface area contributed by atoms with Crippen LogP contribution in [0.2, 0.25) is 0 Å². The number of nitrogens with zero attached hydrogens (tertiary/aromatic N) is 1. The molecule has 2 aromatic heterocycles. The Hall–Kier alpha value is -2.16. The molecule has 0 radical (unpaired) electrons. The van der Waals surface area contributed by atoms with Gasteiger partial charge in [0.05, 0.1) is 5.52 Å². The monoisotopic (exact) mass is 197 g/mol. The molecule has 0 atom stereocenters. The first-order valence-corrected chi connectivity index (χ1v) is 4.64. The van der Waals surface area contributed by atoms with Gasteiger partial charge in [-0.25, -0.2) is 0 Å². The molecule has 0 unspecified atom stereocenters. The molecule has 0 aliphatic rings. The molecule has 0 aliphatic carbocycles. The van der Waals surface area contributed by atoms with Crippen molar-refractivity contribution in [3.8, 4) is 0 Å². The fourth-order valence-electron chi connectivity index (χ4n) is 1.89. The van der Waals surface area contributed by atoms with Gasteiger partial charge in [-0.1, -0.05) is 6.07 Å². The summed E-state index contributed by atoms with van der Waals surface area (Å²) in [5.74, 6) is 0. The summed E-state index contributed by atoms with van der Waals surface area (Å²) < 4.78 is 1.80. The van der Waals surface area contributed by atoms with Crippen molar-refractivity contribution in [1.82, 2.24) is 4.40 Å². The molecule has 3 heteroatoms. The van der Waals surface area contributed by atoms with E-state index in [9.17, 15) is 9.59 Å². The number of rotatable bonds is 0. The summed E-state index contributed by atoms with van der Waals surface area (Å²) in [6.07, 6.45) is 3.36. The van der Waals surface area contributed by atoms with Crippen LogP contribution in [-0.2, 0) is 0 Å². The van der Waals surface area contributed by atoms with Crippen LogP contribution in [0.1, 0.15) is 0 Å². The number of para-hydroxylation sites is 1. The molecule has 15 heavy (non-hydrogen) atoms. The summed E-state index contributed by atoms with van der Waals surface area (Å²) in [7, 11) is 0. The van der Waals surface area contributed by atoms with Crippen molar-refractivity contribution in [2.24, 2.45) is 0 Å². The molecule has 0 saturated heterocycles. The molecule has 0 saturated carbocycles. The summed E-state index contributed by atoms with van der Waals surface area (Å²) in [6.45, 7) is 0. The fourth-order valence-corrected chi connectivity index (χ4v) is 1.89. The van der Waals surface area contributed by atoms with Gasteiger partial charge in [0, 0.05) is 35.3 Å². The fraction of sp³-hybridized carbons (Fsp3) is 0. The molecule has 0 aliphatic heterocycles. The standard InChI is InChI=1S/C12H7NO2/c14-10-4-6-13-7-5-11(15)9-3-1-2-8(10)12(9)13/h1-7H. The maximum absolute atomic E-state index is 11.6. The van der Waals surface area contributed by atoms with E-state index in [-0.39, 0.29) is 10.9 Å². The van der Waals surface area contributed by atoms with Crippen molar-refractivity contribution >= 4 is 16.3 Å². The number of pyridine rings is 2. The molecule has 0 bridgehead atoms. The lowest BCUT2D eigenvalue weighted by Gasteiger charge is -2.04. The molecule has 72 valence electrons. The SMILES string of the molecule is O=c1ccn2ccc(=O)c3cccc1c32. The van der Waals surface area contributed by atoms with Crippen LogP contribution in [0.4, 0.5) is 0 Å². The Labute approximate surface area is 84.6 Å². The van der Waals surface area contributed by atoms with Gasteiger partial charge in [0.15, 0.2) is 10.9 Å². The highest BCUT2D eigenvalue weighted by atomic mass is 16.1. The lowest BCUT2D eigenvalue weighted by molar-refractivity contribution is 1.17. The van der Waals surface area contributed by atoms with Gasteiger partial charge in [-0.2, -0.15) is 0 Å². The van der Waals surface area contributed by atoms with Gasteiger partial charge >= 0.3 is 0 Å². The molecule has 1 aromatic carbocycles. The maximum atomic E-state index is 11.6. The van der Waals surface area contributed by atoms with E-state index in [0.29, 0.717) is 16.3 Å². The summed E-state index contributed by atoms with van der Waals surface area (Å²) in [5, 5.41) is 1.18. The maximum Gasteiger partial charge on any atom is 0.189 e. The van der Waals surface area contributed by atoms with E-state index in [1.807, 2.05) is 0 Å². The molecule has 0 N–H and O–H groups in total. The van der Waals surface area contributed by atoms with Gasteiger partial charge in [-0.15, -0.1) is 0 Å². The van der Waals surface area contributed by atoms with E-state index in [2.05, 4.69) is 0 Å². The van der Waals surface area contributed by atoms with Crippen molar-refractivity contribution in [1.29, 1.82) is 0 Å². The molecule has 0 amide bonds. The van der Waals surface area contributed by atoms with E-state index in [1.54, 1.807) is 35.0 Å². The topological polar surface area (TPSA) is 38.5 Å². The third kappa shape index (κ3) is 1.00. The smallest absolute Gasteiger partial charge is 0.189 e. The summed E-state index contributed by atoms with van der Waals surface area (Å²) >= 11 is 0. The van der Waals surface area contributed by atoms with Gasteiger partial charge in [-0.3, -0.25) is 9.59 Å². The zero-order valence-corrected chi connectivity index (χ0v) is 7.81. The average molecular weight is 197 g/mol. The van der Waals surface area contributed by atoms with Crippen molar-refractivity contribution in [2.75, 3.05) is 0 Å². The Morgan fingerprint density at radius 3 is 1.87 bits per heavy atom.